The van der Waals surface area contributed by atoms with Gasteiger partial charge in [-0.1, -0.05) is 91.5 Å². The Bertz CT molecular complexity index is 1970. The largest absolute Gasteiger partial charge is 0.392 e. The molecule has 0 spiro atoms. The Morgan fingerprint density at radius 3 is 2.16 bits per heavy atom. The average Bonchev–Trinajstić information content (AvgIpc) is 3.56. The Hall–Kier alpha value is -4.63. The van der Waals surface area contributed by atoms with Crippen LogP contribution in [0.4, 0.5) is 22.0 Å². The normalized spacial score (nSPS) is 19.0. The third-order valence-electron chi connectivity index (χ3n) is 8.56. The number of amides is 1. The fourth-order valence-corrected chi connectivity index (χ4v) is 6.76. The van der Waals surface area contributed by atoms with Gasteiger partial charge in [0.05, 0.1) is 18.8 Å². The molecule has 50 heavy (non-hydrogen) atoms. The molecule has 1 amide bonds. The van der Waals surface area contributed by atoms with Gasteiger partial charge in [-0.15, -0.1) is 10.2 Å². The van der Waals surface area contributed by atoms with Crippen LogP contribution in [0.1, 0.15) is 51.9 Å². The van der Waals surface area contributed by atoms with Crippen LogP contribution in [0, 0.1) is 35.0 Å². The molecule has 4 atom stereocenters. The number of aromatic nitrogens is 3. The number of carbonyl (C=O) groups is 1. The van der Waals surface area contributed by atoms with Gasteiger partial charge < -0.3 is 24.5 Å². The number of aliphatic hydroxyl groups is 1. The van der Waals surface area contributed by atoms with Gasteiger partial charge in [0.1, 0.15) is 11.9 Å². The fourth-order valence-electron chi connectivity index (χ4n) is 5.71. The molecule has 1 aliphatic rings. The summed E-state index contributed by atoms with van der Waals surface area (Å²) < 4.78 is 84.2. The van der Waals surface area contributed by atoms with Crippen molar-refractivity contribution in [3.05, 3.63) is 136 Å². The highest BCUT2D eigenvalue weighted by Gasteiger charge is 2.38. The Labute approximate surface area is 288 Å². The standard InChI is InChI=1S/C36H31F5N4O4S/c1-19-26(17-50-36-44-43-18-45(36)2)48-35(49-33(19)22-9-7-20(16-46)8-10-22)23-13-11-21(12-14-23)25-6-4-3-5-24(25)15-42-34(47)27-28(37)30(39)32(41)31(40)29(27)38/h3-14,18-19,26,33,35,46H,15-17H2,1-2H3,(H,42,47)/t19-,26+,33+,35+/m0/s1. The van der Waals surface area contributed by atoms with Gasteiger partial charge in [0.2, 0.25) is 5.82 Å². The summed E-state index contributed by atoms with van der Waals surface area (Å²) in [5, 5.41) is 20.7. The quantitative estimate of drug-likeness (QED) is 0.0686. The van der Waals surface area contributed by atoms with Gasteiger partial charge in [0.15, 0.2) is 34.7 Å². The van der Waals surface area contributed by atoms with Crippen LogP contribution in [0.3, 0.4) is 0 Å². The molecule has 0 unspecified atom stereocenters. The minimum absolute atomic E-state index is 0.0434. The molecule has 1 aromatic heterocycles. The molecule has 2 N–H and O–H groups in total. The SMILES string of the molecule is C[C@H]1[C@@H](CSc2nncn2C)O[C@@H](c2ccc(-c3ccccc3CNC(=O)c3c(F)c(F)c(F)c(F)c3F)cc2)O[C@H]1c1ccc(CO)cc1. The van der Waals surface area contributed by atoms with E-state index in [1.165, 1.54) is 11.8 Å². The predicted molar refractivity (Wildman–Crippen MR) is 174 cm³/mol. The smallest absolute Gasteiger partial charge is 0.257 e. The number of aryl methyl sites for hydroxylation is 1. The number of nitrogens with zero attached hydrogens (tertiary/aromatic N) is 3. The number of hydrogen-bond donors (Lipinski definition) is 2. The first-order valence-corrected chi connectivity index (χ1v) is 16.5. The second-order valence-corrected chi connectivity index (χ2v) is 12.8. The highest BCUT2D eigenvalue weighted by atomic mass is 32.2. The lowest BCUT2D eigenvalue weighted by molar-refractivity contribution is -0.268. The Kier molecular flexibility index (Phi) is 10.6. The summed E-state index contributed by atoms with van der Waals surface area (Å²) in [5.74, 6) is -12.1. The minimum Gasteiger partial charge on any atom is -0.392 e. The lowest BCUT2D eigenvalue weighted by Crippen LogP contribution is -2.38. The molecule has 0 aliphatic carbocycles. The number of halogens is 5. The lowest BCUT2D eigenvalue weighted by atomic mass is 9.91. The van der Waals surface area contributed by atoms with Crippen LogP contribution in [0.5, 0.6) is 0 Å². The Balaban J connectivity index is 1.22. The van der Waals surface area contributed by atoms with E-state index < -0.39 is 46.8 Å². The van der Waals surface area contributed by atoms with Crippen LogP contribution in [-0.4, -0.2) is 37.6 Å². The summed E-state index contributed by atoms with van der Waals surface area (Å²) in [6, 6.07) is 21.8. The molecule has 2 heterocycles. The van der Waals surface area contributed by atoms with Crippen molar-refractivity contribution >= 4 is 17.7 Å². The topological polar surface area (TPSA) is 98.5 Å². The molecule has 6 rings (SSSR count). The summed E-state index contributed by atoms with van der Waals surface area (Å²) in [6.45, 7) is 1.73. The second-order valence-electron chi connectivity index (χ2n) is 11.8. The van der Waals surface area contributed by atoms with Crippen molar-refractivity contribution in [3.8, 4) is 11.1 Å². The van der Waals surface area contributed by atoms with Crippen molar-refractivity contribution in [2.45, 2.75) is 43.7 Å². The van der Waals surface area contributed by atoms with Crippen molar-refractivity contribution in [1.82, 2.24) is 20.1 Å². The first kappa shape index (κ1) is 35.2. The monoisotopic (exact) mass is 710 g/mol. The van der Waals surface area contributed by atoms with Gasteiger partial charge in [0.25, 0.3) is 5.91 Å². The van der Waals surface area contributed by atoms with E-state index in [0.29, 0.717) is 16.9 Å². The molecule has 8 nitrogen and oxygen atoms in total. The van der Waals surface area contributed by atoms with Crippen LogP contribution in [0.15, 0.2) is 84.3 Å². The van der Waals surface area contributed by atoms with Crippen LogP contribution in [-0.2, 0) is 29.7 Å². The van der Waals surface area contributed by atoms with Crippen molar-refractivity contribution in [2.75, 3.05) is 5.75 Å². The maximum atomic E-state index is 14.2. The number of thioether (sulfide) groups is 1. The first-order valence-electron chi connectivity index (χ1n) is 15.5. The number of hydrogen-bond acceptors (Lipinski definition) is 7. The zero-order chi connectivity index (χ0) is 35.5. The molecule has 0 radical (unpaired) electrons. The van der Waals surface area contributed by atoms with Crippen molar-refractivity contribution in [3.63, 3.8) is 0 Å². The van der Waals surface area contributed by atoms with Gasteiger partial charge in [-0.05, 0) is 27.8 Å². The number of rotatable bonds is 10. The number of benzene rings is 4. The number of ether oxygens (including phenoxy) is 2. The highest BCUT2D eigenvalue weighted by Crippen LogP contribution is 2.43. The maximum Gasteiger partial charge on any atom is 0.257 e. The molecule has 260 valence electrons. The van der Waals surface area contributed by atoms with Crippen molar-refractivity contribution in [2.24, 2.45) is 13.0 Å². The van der Waals surface area contributed by atoms with E-state index in [4.69, 9.17) is 9.47 Å². The van der Waals surface area contributed by atoms with E-state index >= 15 is 0 Å². The van der Waals surface area contributed by atoms with Crippen molar-refractivity contribution < 1.29 is 41.3 Å². The Morgan fingerprint density at radius 1 is 0.880 bits per heavy atom. The van der Waals surface area contributed by atoms with Crippen molar-refractivity contribution in [1.29, 1.82) is 0 Å². The van der Waals surface area contributed by atoms with E-state index in [1.807, 2.05) is 60.1 Å². The molecule has 4 aromatic carbocycles. The number of carbonyl (C=O) groups excluding carboxylic acids is 1. The van der Waals surface area contributed by atoms with E-state index in [1.54, 1.807) is 30.6 Å². The molecule has 1 fully saturated rings. The lowest BCUT2D eigenvalue weighted by Gasteiger charge is -2.41. The zero-order valence-corrected chi connectivity index (χ0v) is 27.6. The third-order valence-corrected chi connectivity index (χ3v) is 9.68. The van der Waals surface area contributed by atoms with E-state index in [0.717, 1.165) is 27.4 Å². The van der Waals surface area contributed by atoms with Gasteiger partial charge >= 0.3 is 0 Å². The van der Waals surface area contributed by atoms with Gasteiger partial charge in [-0.3, -0.25) is 4.79 Å². The third kappa shape index (κ3) is 7.15. The molecule has 5 aromatic rings. The molecular formula is C36H31F5N4O4S. The van der Waals surface area contributed by atoms with Crippen LogP contribution >= 0.6 is 11.8 Å². The number of aliphatic hydroxyl groups excluding tert-OH is 1. The van der Waals surface area contributed by atoms with Crippen LogP contribution in [0.2, 0.25) is 0 Å². The molecule has 14 heteroatoms. The van der Waals surface area contributed by atoms with Gasteiger partial charge in [-0.2, -0.15) is 0 Å². The molecular weight excluding hydrogens is 679 g/mol. The summed E-state index contributed by atoms with van der Waals surface area (Å²) in [4.78, 5) is 12.6. The van der Waals surface area contributed by atoms with Crippen LogP contribution < -0.4 is 5.32 Å². The maximum absolute atomic E-state index is 14.2. The zero-order valence-electron chi connectivity index (χ0n) is 26.7. The summed E-state index contributed by atoms with van der Waals surface area (Å²) in [6.07, 6.45) is 0.336. The highest BCUT2D eigenvalue weighted by molar-refractivity contribution is 7.99. The summed E-state index contributed by atoms with van der Waals surface area (Å²) in [5.41, 5.74) is 2.83. The fraction of sp³-hybridized carbons (Fsp3) is 0.250. The second kappa shape index (κ2) is 15.1. The van der Waals surface area contributed by atoms with E-state index in [-0.39, 0.29) is 31.3 Å². The van der Waals surface area contributed by atoms with E-state index in [9.17, 15) is 31.9 Å². The molecule has 1 aliphatic heterocycles. The van der Waals surface area contributed by atoms with Crippen LogP contribution in [0.25, 0.3) is 11.1 Å². The minimum atomic E-state index is -2.34. The van der Waals surface area contributed by atoms with Gasteiger partial charge in [0, 0.05) is 30.8 Å². The van der Waals surface area contributed by atoms with E-state index in [2.05, 4.69) is 22.4 Å². The van der Waals surface area contributed by atoms with Gasteiger partial charge in [-0.25, -0.2) is 22.0 Å². The predicted octanol–water partition coefficient (Wildman–Crippen LogP) is 7.18. The number of nitrogens with one attached hydrogen (secondary N) is 1. The first-order chi connectivity index (χ1) is 24.1. The Morgan fingerprint density at radius 2 is 1.52 bits per heavy atom. The molecule has 1 saturated heterocycles. The molecule has 0 saturated carbocycles. The average molecular weight is 711 g/mol. The summed E-state index contributed by atoms with van der Waals surface area (Å²) in [7, 11) is 1.87. The molecule has 0 bridgehead atoms. The summed E-state index contributed by atoms with van der Waals surface area (Å²) >= 11 is 1.52.